The highest BCUT2D eigenvalue weighted by Crippen LogP contribution is 2.35. The second-order valence-corrected chi connectivity index (χ2v) is 15.9. The summed E-state index contributed by atoms with van der Waals surface area (Å²) in [7, 11) is -2.62. The van der Waals surface area contributed by atoms with E-state index in [2.05, 4.69) is 25.4 Å². The van der Waals surface area contributed by atoms with Gasteiger partial charge in [-0.05, 0) is 39.3 Å². The van der Waals surface area contributed by atoms with E-state index < -0.39 is 52.0 Å². The number of hydrogen-bond acceptors (Lipinski definition) is 11. The summed E-state index contributed by atoms with van der Waals surface area (Å²) < 4.78 is 97.9. The summed E-state index contributed by atoms with van der Waals surface area (Å²) in [6, 6.07) is 7.61. The first-order valence-electron chi connectivity index (χ1n) is 17.1. The molecule has 0 radical (unpaired) electrons. The Balaban J connectivity index is 1.28. The molecule has 0 fully saturated rings. The molecule has 4 aromatic heterocycles. The van der Waals surface area contributed by atoms with Crippen LogP contribution >= 0.6 is 11.6 Å². The van der Waals surface area contributed by atoms with Crippen LogP contribution in [0.5, 0.6) is 11.5 Å². The third-order valence-corrected chi connectivity index (χ3v) is 10.5. The maximum Gasteiger partial charge on any atom is 0.511 e. The van der Waals surface area contributed by atoms with Crippen LogP contribution in [-0.4, -0.2) is 85.7 Å². The molecule has 1 N–H and O–H groups in total. The van der Waals surface area contributed by atoms with Crippen molar-refractivity contribution in [3.63, 3.8) is 0 Å². The molecule has 2 amide bonds. The van der Waals surface area contributed by atoms with Crippen LogP contribution in [0.3, 0.4) is 0 Å². The summed E-state index contributed by atoms with van der Waals surface area (Å²) in [6.07, 6.45) is 2.13. The first-order valence-corrected chi connectivity index (χ1v) is 19.0. The van der Waals surface area contributed by atoms with Gasteiger partial charge in [-0.3, -0.25) is 14.1 Å². The number of alkyl halides is 3. The van der Waals surface area contributed by atoms with Gasteiger partial charge in [-0.15, -0.1) is 5.10 Å². The van der Waals surface area contributed by atoms with Gasteiger partial charge >= 0.3 is 21.6 Å². The zero-order valence-corrected chi connectivity index (χ0v) is 32.9. The number of carbonyl (C=O) groups excluding carboxylic acids is 2. The molecule has 57 heavy (non-hydrogen) atoms. The Kier molecular flexibility index (Phi) is 11.1. The number of sulfonamides is 1. The number of amides is 2. The van der Waals surface area contributed by atoms with Crippen molar-refractivity contribution in [2.45, 2.75) is 64.9 Å². The van der Waals surface area contributed by atoms with E-state index in [1.807, 2.05) is 0 Å². The van der Waals surface area contributed by atoms with Crippen molar-refractivity contribution >= 4 is 50.6 Å². The molecule has 1 aliphatic heterocycles. The molecule has 0 aliphatic carbocycles. The van der Waals surface area contributed by atoms with Gasteiger partial charge in [0, 0.05) is 36.5 Å². The normalized spacial score (nSPS) is 13.7. The second-order valence-electron chi connectivity index (χ2n) is 13.6. The predicted octanol–water partition coefficient (Wildman–Crippen LogP) is 6.22. The lowest BCUT2D eigenvalue weighted by Gasteiger charge is -2.28. The van der Waals surface area contributed by atoms with Crippen LogP contribution in [0, 0.1) is 5.82 Å². The minimum Gasteiger partial charge on any atom is -0.497 e. The number of pyridine rings is 2. The third-order valence-electron chi connectivity index (χ3n) is 8.61. The van der Waals surface area contributed by atoms with E-state index in [4.69, 9.17) is 25.8 Å². The van der Waals surface area contributed by atoms with Crippen molar-refractivity contribution < 1.29 is 49.8 Å². The molecule has 0 saturated heterocycles. The van der Waals surface area contributed by atoms with Gasteiger partial charge in [0.05, 0.1) is 62.1 Å². The maximum atomic E-state index is 15.4. The summed E-state index contributed by atoms with van der Waals surface area (Å²) in [5.74, 6) is -1.13. The lowest BCUT2D eigenvalue weighted by atomic mass is 10.1. The number of aryl methyl sites for hydroxylation is 1. The quantitative estimate of drug-likeness (QED) is 0.158. The average molecular weight is 838 g/mol. The van der Waals surface area contributed by atoms with Crippen LogP contribution in [0.25, 0.3) is 17.2 Å². The van der Waals surface area contributed by atoms with E-state index >= 15 is 4.39 Å². The Morgan fingerprint density at radius 2 is 1.79 bits per heavy atom. The third kappa shape index (κ3) is 8.30. The maximum absolute atomic E-state index is 15.4. The summed E-state index contributed by atoms with van der Waals surface area (Å²) >= 11 is 6.84. The molecule has 5 heterocycles. The number of hydrogen-bond donors (Lipinski definition) is 1. The fourth-order valence-corrected chi connectivity index (χ4v) is 7.09. The number of imidazole rings is 1. The van der Waals surface area contributed by atoms with Crippen molar-refractivity contribution in [1.29, 1.82) is 0 Å². The van der Waals surface area contributed by atoms with Gasteiger partial charge in [0.2, 0.25) is 5.82 Å². The van der Waals surface area contributed by atoms with Crippen LogP contribution < -0.4 is 19.7 Å². The highest BCUT2D eigenvalue weighted by Gasteiger charge is 2.51. The zero-order chi connectivity index (χ0) is 41.6. The molecule has 0 atom stereocenters. The van der Waals surface area contributed by atoms with E-state index in [1.165, 1.54) is 40.5 Å². The van der Waals surface area contributed by atoms with E-state index in [-0.39, 0.29) is 62.5 Å². The van der Waals surface area contributed by atoms with Gasteiger partial charge in [-0.1, -0.05) is 18.5 Å². The van der Waals surface area contributed by atoms with Gasteiger partial charge in [0.1, 0.15) is 40.0 Å². The molecule has 0 unspecified atom stereocenters. The highest BCUT2D eigenvalue weighted by molar-refractivity contribution is 7.89. The van der Waals surface area contributed by atoms with Gasteiger partial charge in [0.25, 0.3) is 5.91 Å². The molecule has 0 bridgehead atoms. The average Bonchev–Trinajstić information content (AvgIpc) is 3.73. The lowest BCUT2D eigenvalue weighted by molar-refractivity contribution is -0.0496. The SMILES string of the molecule is CCc1nc2cc(N(Cc3ccc(OC)cc3OC)C(=O)OC(C)(C)C)c(Cl)cn2c1C(=O)Nc1cnc(-c2nc3n(n2)CCN(S(=O)(=O)C(F)(F)F)C3)c(F)c1. The minimum atomic E-state index is -5.61. The van der Waals surface area contributed by atoms with Crippen molar-refractivity contribution in [3.8, 4) is 23.0 Å². The molecule has 1 aromatic carbocycles. The summed E-state index contributed by atoms with van der Waals surface area (Å²) in [5, 5.41) is 6.74. The number of fused-ring (bicyclic) bond motifs is 2. The van der Waals surface area contributed by atoms with Crippen LogP contribution in [0.1, 0.15) is 55.3 Å². The van der Waals surface area contributed by atoms with Crippen molar-refractivity contribution in [3.05, 3.63) is 76.3 Å². The molecule has 0 saturated carbocycles. The van der Waals surface area contributed by atoms with Crippen molar-refractivity contribution in [2.75, 3.05) is 31.0 Å². The number of rotatable bonds is 10. The van der Waals surface area contributed by atoms with E-state index in [0.29, 0.717) is 29.2 Å². The number of halogens is 5. The van der Waals surface area contributed by atoms with Crippen LogP contribution in [0.4, 0.5) is 33.7 Å². The molecular weight excluding hydrogens is 802 g/mol. The number of benzene rings is 1. The first kappa shape index (κ1) is 41.1. The Hall–Kier alpha value is -5.54. The number of methoxy groups -OCH3 is 2. The monoisotopic (exact) mass is 837 g/mol. The summed E-state index contributed by atoms with van der Waals surface area (Å²) in [6.45, 7) is 5.40. The van der Waals surface area contributed by atoms with Gasteiger partial charge in [-0.2, -0.15) is 17.5 Å². The molecule has 22 heteroatoms. The first-order chi connectivity index (χ1) is 26.7. The lowest BCUT2D eigenvalue weighted by Crippen LogP contribution is -2.44. The topological polar surface area (TPSA) is 175 Å². The predicted molar refractivity (Wildman–Crippen MR) is 198 cm³/mol. The number of aromatic nitrogens is 6. The fraction of sp³-hybridized carbons (Fsp3) is 0.371. The Morgan fingerprint density at radius 1 is 1.05 bits per heavy atom. The van der Waals surface area contributed by atoms with Crippen LogP contribution in [0.15, 0.2) is 42.7 Å². The van der Waals surface area contributed by atoms with Gasteiger partial charge in [0.15, 0.2) is 5.82 Å². The molecular formula is C35H36ClF4N9O7S. The molecule has 6 rings (SSSR count). The molecule has 5 aromatic rings. The number of ether oxygens (including phenoxy) is 3. The number of nitrogens with one attached hydrogen (secondary N) is 1. The molecule has 16 nitrogen and oxygen atoms in total. The number of anilines is 2. The summed E-state index contributed by atoms with van der Waals surface area (Å²) in [5.41, 5.74) is -5.33. The minimum absolute atomic E-state index is 0.0310. The van der Waals surface area contributed by atoms with Gasteiger partial charge in [-0.25, -0.2) is 37.2 Å². The Morgan fingerprint density at radius 3 is 2.42 bits per heavy atom. The number of nitrogens with zero attached hydrogens (tertiary/aromatic N) is 8. The van der Waals surface area contributed by atoms with E-state index in [1.54, 1.807) is 45.9 Å². The largest absolute Gasteiger partial charge is 0.511 e. The highest BCUT2D eigenvalue weighted by atomic mass is 35.5. The standard InChI is InChI=1S/C35H36ClF4N9O7S/c1-7-24-30(32(50)42-20-12-23(37)29(41-15-20)31-44-28-18-46(10-11-49(28)45-31)57(52,53)35(38,39)40)48-17-22(36)25(14-27(48)43-24)47(33(51)56-34(2,3)4)16-19-8-9-21(54-5)13-26(19)55-6/h8-9,12-15,17H,7,10-11,16,18H2,1-6H3,(H,42,50). The molecule has 0 spiro atoms. The molecule has 1 aliphatic rings. The van der Waals surface area contributed by atoms with Gasteiger partial charge < -0.3 is 19.5 Å². The Labute approximate surface area is 328 Å². The van der Waals surface area contributed by atoms with Crippen molar-refractivity contribution in [1.82, 2.24) is 33.4 Å². The second kappa shape index (κ2) is 15.4. The molecule has 304 valence electrons. The van der Waals surface area contributed by atoms with Crippen LogP contribution in [0.2, 0.25) is 5.02 Å². The Bertz CT molecular complexity index is 2490. The van der Waals surface area contributed by atoms with Crippen LogP contribution in [-0.2, 0) is 40.8 Å². The fourth-order valence-electron chi connectivity index (χ4n) is 5.94. The number of carbonyl (C=O) groups is 2. The zero-order valence-electron chi connectivity index (χ0n) is 31.3. The smallest absolute Gasteiger partial charge is 0.497 e. The van der Waals surface area contributed by atoms with Crippen molar-refractivity contribution in [2.24, 2.45) is 0 Å². The summed E-state index contributed by atoms with van der Waals surface area (Å²) in [4.78, 5) is 41.5. The van der Waals surface area contributed by atoms with E-state index in [0.717, 1.165) is 12.3 Å². The van der Waals surface area contributed by atoms with E-state index in [9.17, 15) is 31.2 Å².